The lowest BCUT2D eigenvalue weighted by Gasteiger charge is -2.12. The van der Waals surface area contributed by atoms with Gasteiger partial charge in [-0.15, -0.1) is 5.10 Å². The van der Waals surface area contributed by atoms with Crippen molar-refractivity contribution in [2.45, 2.75) is 0 Å². The van der Waals surface area contributed by atoms with Crippen molar-refractivity contribution in [1.29, 1.82) is 0 Å². The number of benzene rings is 2. The topological polar surface area (TPSA) is 122 Å². The van der Waals surface area contributed by atoms with Crippen LogP contribution in [0.4, 0.5) is 6.01 Å². The Hall–Kier alpha value is -4.34. The Labute approximate surface area is 183 Å². The van der Waals surface area contributed by atoms with Crippen LogP contribution in [0.1, 0.15) is 5.56 Å². The maximum Gasteiger partial charge on any atom is 0.331 e. The van der Waals surface area contributed by atoms with E-state index in [4.69, 9.17) is 23.4 Å². The Morgan fingerprint density at radius 3 is 2.31 bits per heavy atom. The fourth-order valence-corrected chi connectivity index (χ4v) is 2.67. The predicted molar refractivity (Wildman–Crippen MR) is 114 cm³/mol. The Morgan fingerprint density at radius 2 is 1.69 bits per heavy atom. The quantitative estimate of drug-likeness (QED) is 0.396. The first-order valence-electron chi connectivity index (χ1n) is 9.37. The summed E-state index contributed by atoms with van der Waals surface area (Å²) in [6.45, 7) is -0.526. The van der Waals surface area contributed by atoms with E-state index in [9.17, 15) is 9.59 Å². The zero-order valence-corrected chi connectivity index (χ0v) is 17.7. The summed E-state index contributed by atoms with van der Waals surface area (Å²) >= 11 is 0. The molecule has 0 radical (unpaired) electrons. The Morgan fingerprint density at radius 1 is 1.00 bits per heavy atom. The normalized spacial score (nSPS) is 10.6. The average Bonchev–Trinajstić information content (AvgIpc) is 3.29. The molecule has 0 saturated carbocycles. The fraction of sp³-hybridized carbons (Fsp3) is 0.182. The molecule has 0 spiro atoms. The molecule has 0 aliphatic rings. The van der Waals surface area contributed by atoms with Gasteiger partial charge in [0.1, 0.15) is 0 Å². The molecule has 1 N–H and O–H groups in total. The smallest absolute Gasteiger partial charge is 0.331 e. The molecule has 1 amide bonds. The van der Waals surface area contributed by atoms with Gasteiger partial charge in [-0.25, -0.2) is 4.79 Å². The van der Waals surface area contributed by atoms with Crippen LogP contribution in [0.25, 0.3) is 17.5 Å². The van der Waals surface area contributed by atoms with Crippen LogP contribution in [-0.2, 0) is 14.3 Å². The zero-order chi connectivity index (χ0) is 22.9. The number of aromatic nitrogens is 2. The summed E-state index contributed by atoms with van der Waals surface area (Å²) < 4.78 is 26.1. The first kappa shape index (κ1) is 22.3. The molecule has 32 heavy (non-hydrogen) atoms. The standard InChI is InChI=1S/C22H21N3O7/c1-28-16-11-14(12-17(29-2)20(16)30-3)9-10-19(27)31-13-18(26)23-22-25-24-21(32-22)15-7-5-4-6-8-15/h4-12H,13H2,1-3H3,(H,23,25,26)/b10-9+. The van der Waals surface area contributed by atoms with Gasteiger partial charge < -0.3 is 23.4 Å². The summed E-state index contributed by atoms with van der Waals surface area (Å²) in [7, 11) is 4.48. The van der Waals surface area contributed by atoms with Gasteiger partial charge in [0.25, 0.3) is 5.91 Å². The van der Waals surface area contributed by atoms with Gasteiger partial charge in [0.2, 0.25) is 11.6 Å². The van der Waals surface area contributed by atoms with E-state index in [1.54, 1.807) is 24.3 Å². The van der Waals surface area contributed by atoms with Crippen LogP contribution in [0.15, 0.2) is 53.0 Å². The number of nitrogens with one attached hydrogen (secondary N) is 1. The molecule has 1 heterocycles. The predicted octanol–water partition coefficient (Wildman–Crippen LogP) is 2.96. The fourth-order valence-electron chi connectivity index (χ4n) is 2.67. The first-order valence-corrected chi connectivity index (χ1v) is 9.37. The van der Waals surface area contributed by atoms with E-state index in [-0.39, 0.29) is 11.9 Å². The van der Waals surface area contributed by atoms with Crippen LogP contribution in [0.3, 0.4) is 0 Å². The summed E-state index contributed by atoms with van der Waals surface area (Å²) in [6, 6.07) is 12.3. The van der Waals surface area contributed by atoms with Crippen molar-refractivity contribution in [3.05, 3.63) is 54.1 Å². The molecule has 10 heteroatoms. The number of hydrogen-bond acceptors (Lipinski definition) is 9. The van der Waals surface area contributed by atoms with E-state index in [2.05, 4.69) is 15.5 Å². The number of anilines is 1. The van der Waals surface area contributed by atoms with Crippen LogP contribution in [-0.4, -0.2) is 50.0 Å². The molecule has 10 nitrogen and oxygen atoms in total. The largest absolute Gasteiger partial charge is 0.493 e. The number of methoxy groups -OCH3 is 3. The van der Waals surface area contributed by atoms with E-state index < -0.39 is 18.5 Å². The molecular weight excluding hydrogens is 418 g/mol. The van der Waals surface area contributed by atoms with Crippen molar-refractivity contribution in [3.8, 4) is 28.7 Å². The van der Waals surface area contributed by atoms with Gasteiger partial charge in [0, 0.05) is 11.6 Å². The van der Waals surface area contributed by atoms with Crippen LogP contribution in [0.2, 0.25) is 0 Å². The van der Waals surface area contributed by atoms with Gasteiger partial charge in [-0.1, -0.05) is 23.3 Å². The average molecular weight is 439 g/mol. The Balaban J connectivity index is 1.54. The Bertz CT molecular complexity index is 1080. The minimum Gasteiger partial charge on any atom is -0.493 e. The van der Waals surface area contributed by atoms with Gasteiger partial charge in [0.05, 0.1) is 21.3 Å². The minimum absolute atomic E-state index is 0.0992. The van der Waals surface area contributed by atoms with Crippen molar-refractivity contribution in [3.63, 3.8) is 0 Å². The van der Waals surface area contributed by atoms with Crippen molar-refractivity contribution in [1.82, 2.24) is 10.2 Å². The second-order valence-electron chi connectivity index (χ2n) is 6.23. The van der Waals surface area contributed by atoms with Gasteiger partial charge >= 0.3 is 12.0 Å². The number of carbonyl (C=O) groups excluding carboxylic acids is 2. The molecule has 0 atom stereocenters. The van der Waals surface area contributed by atoms with Crippen molar-refractivity contribution >= 4 is 24.0 Å². The van der Waals surface area contributed by atoms with E-state index >= 15 is 0 Å². The molecule has 3 aromatic rings. The highest BCUT2D eigenvalue weighted by atomic mass is 16.5. The lowest BCUT2D eigenvalue weighted by molar-refractivity contribution is -0.142. The second-order valence-corrected chi connectivity index (χ2v) is 6.23. The number of nitrogens with zero attached hydrogens (tertiary/aromatic N) is 2. The van der Waals surface area contributed by atoms with E-state index in [1.807, 2.05) is 18.2 Å². The first-order chi connectivity index (χ1) is 15.5. The van der Waals surface area contributed by atoms with Crippen molar-refractivity contribution in [2.75, 3.05) is 33.3 Å². The molecule has 0 fully saturated rings. The molecule has 0 aliphatic carbocycles. The third kappa shape index (κ3) is 5.63. The molecule has 0 bridgehead atoms. The maximum absolute atomic E-state index is 12.0. The highest BCUT2D eigenvalue weighted by molar-refractivity contribution is 5.93. The number of esters is 1. The van der Waals surface area contributed by atoms with Gasteiger partial charge in [-0.3, -0.25) is 10.1 Å². The monoisotopic (exact) mass is 439 g/mol. The minimum atomic E-state index is -0.718. The zero-order valence-electron chi connectivity index (χ0n) is 17.7. The summed E-state index contributed by atoms with van der Waals surface area (Å²) in [5, 5.41) is 9.98. The lowest BCUT2D eigenvalue weighted by atomic mass is 10.1. The number of ether oxygens (including phenoxy) is 4. The molecule has 0 aliphatic heterocycles. The van der Waals surface area contributed by atoms with E-state index in [1.165, 1.54) is 33.5 Å². The van der Waals surface area contributed by atoms with E-state index in [0.717, 1.165) is 0 Å². The third-order valence-electron chi connectivity index (χ3n) is 4.14. The molecule has 166 valence electrons. The van der Waals surface area contributed by atoms with Crippen LogP contribution in [0.5, 0.6) is 17.2 Å². The molecular formula is C22H21N3O7. The summed E-state index contributed by atoms with van der Waals surface area (Å²) in [5.41, 5.74) is 1.32. The number of carbonyl (C=O) groups is 2. The second kappa shape index (κ2) is 10.6. The lowest BCUT2D eigenvalue weighted by Crippen LogP contribution is -2.20. The molecule has 1 aromatic heterocycles. The highest BCUT2D eigenvalue weighted by Gasteiger charge is 2.14. The summed E-state index contributed by atoms with van der Waals surface area (Å²) in [6.07, 6.45) is 2.67. The maximum atomic E-state index is 12.0. The number of amides is 1. The number of rotatable bonds is 9. The third-order valence-corrected chi connectivity index (χ3v) is 4.14. The molecule has 3 rings (SSSR count). The molecule has 0 saturated heterocycles. The number of hydrogen-bond donors (Lipinski definition) is 1. The molecule has 2 aromatic carbocycles. The van der Waals surface area contributed by atoms with Crippen molar-refractivity contribution < 1.29 is 33.0 Å². The summed E-state index contributed by atoms with van der Waals surface area (Å²) in [4.78, 5) is 24.0. The summed E-state index contributed by atoms with van der Waals surface area (Å²) in [5.74, 6) is 0.226. The van der Waals surface area contributed by atoms with Gasteiger partial charge in [-0.05, 0) is 35.9 Å². The van der Waals surface area contributed by atoms with Crippen LogP contribution in [0, 0.1) is 0 Å². The van der Waals surface area contributed by atoms with E-state index in [0.29, 0.717) is 28.4 Å². The van der Waals surface area contributed by atoms with Gasteiger partial charge in [-0.2, -0.15) is 0 Å². The SMILES string of the molecule is COc1cc(/C=C/C(=O)OCC(=O)Nc2nnc(-c3ccccc3)o2)cc(OC)c1OC. The Kier molecular flexibility index (Phi) is 7.42. The van der Waals surface area contributed by atoms with Gasteiger partial charge in [0.15, 0.2) is 18.1 Å². The highest BCUT2D eigenvalue weighted by Crippen LogP contribution is 2.38. The molecule has 0 unspecified atom stereocenters. The van der Waals surface area contributed by atoms with Crippen LogP contribution >= 0.6 is 0 Å². The van der Waals surface area contributed by atoms with Crippen LogP contribution < -0.4 is 19.5 Å². The van der Waals surface area contributed by atoms with Crippen molar-refractivity contribution in [2.24, 2.45) is 0 Å².